The fourth-order valence-corrected chi connectivity index (χ4v) is 4.09. The molecule has 2 fully saturated rings. The Morgan fingerprint density at radius 1 is 1.33 bits per heavy atom. The summed E-state index contributed by atoms with van der Waals surface area (Å²) in [6.07, 6.45) is 8.18. The van der Waals surface area contributed by atoms with Crippen molar-refractivity contribution in [3.63, 3.8) is 0 Å². The molecule has 0 heterocycles. The van der Waals surface area contributed by atoms with Crippen molar-refractivity contribution >= 4 is 5.91 Å². The van der Waals surface area contributed by atoms with E-state index in [0.717, 1.165) is 38.3 Å². The van der Waals surface area contributed by atoms with E-state index in [1.54, 1.807) is 0 Å². The summed E-state index contributed by atoms with van der Waals surface area (Å²) in [7, 11) is 0. The molecule has 0 bridgehead atoms. The predicted molar refractivity (Wildman–Crippen MR) is 87.0 cm³/mol. The van der Waals surface area contributed by atoms with Gasteiger partial charge >= 0.3 is 0 Å². The van der Waals surface area contributed by atoms with Crippen LogP contribution < -0.4 is 11.1 Å². The van der Waals surface area contributed by atoms with Crippen LogP contribution in [0.5, 0.6) is 0 Å². The van der Waals surface area contributed by atoms with Gasteiger partial charge in [-0.1, -0.05) is 13.3 Å². The van der Waals surface area contributed by atoms with Gasteiger partial charge in [-0.05, 0) is 71.4 Å². The molecule has 3 N–H and O–H groups in total. The Morgan fingerprint density at radius 3 is 2.57 bits per heavy atom. The Bertz CT molecular complexity index is 354. The quantitative estimate of drug-likeness (QED) is 0.686. The lowest BCUT2D eigenvalue weighted by atomic mass is 9.83. The SMILES string of the molecule is CCCN(CCC1CCCC1(NC(C)C)C(N)=O)C1CC1. The molecule has 2 saturated carbocycles. The summed E-state index contributed by atoms with van der Waals surface area (Å²) in [5, 5.41) is 3.51. The first-order valence-corrected chi connectivity index (χ1v) is 8.81. The second-order valence-corrected chi connectivity index (χ2v) is 7.28. The van der Waals surface area contributed by atoms with Gasteiger partial charge in [0, 0.05) is 12.1 Å². The second-order valence-electron chi connectivity index (χ2n) is 7.28. The summed E-state index contributed by atoms with van der Waals surface area (Å²) < 4.78 is 0. The third kappa shape index (κ3) is 3.98. The molecule has 2 aliphatic carbocycles. The number of carbonyl (C=O) groups is 1. The molecule has 2 atom stereocenters. The first-order chi connectivity index (χ1) is 9.99. The van der Waals surface area contributed by atoms with Gasteiger partial charge in [-0.3, -0.25) is 4.79 Å². The van der Waals surface area contributed by atoms with Crippen molar-refractivity contribution in [3.05, 3.63) is 0 Å². The monoisotopic (exact) mass is 295 g/mol. The van der Waals surface area contributed by atoms with Gasteiger partial charge in [0.2, 0.25) is 5.91 Å². The van der Waals surface area contributed by atoms with E-state index in [4.69, 9.17) is 5.73 Å². The molecule has 2 unspecified atom stereocenters. The van der Waals surface area contributed by atoms with Crippen molar-refractivity contribution in [1.82, 2.24) is 10.2 Å². The predicted octanol–water partition coefficient (Wildman–Crippen LogP) is 2.27. The van der Waals surface area contributed by atoms with E-state index in [1.807, 2.05) is 0 Å². The van der Waals surface area contributed by atoms with E-state index in [0.29, 0.717) is 12.0 Å². The Balaban J connectivity index is 1.97. The number of hydrogen-bond acceptors (Lipinski definition) is 3. The van der Waals surface area contributed by atoms with Crippen LogP contribution in [0.3, 0.4) is 0 Å². The molecule has 2 aliphatic rings. The van der Waals surface area contributed by atoms with Crippen LogP contribution >= 0.6 is 0 Å². The highest BCUT2D eigenvalue weighted by Crippen LogP contribution is 2.39. The number of nitrogens with one attached hydrogen (secondary N) is 1. The van der Waals surface area contributed by atoms with Crippen LogP contribution in [0.2, 0.25) is 0 Å². The van der Waals surface area contributed by atoms with Crippen LogP contribution in [0, 0.1) is 5.92 Å². The molecule has 0 radical (unpaired) electrons. The molecule has 0 saturated heterocycles. The maximum Gasteiger partial charge on any atom is 0.238 e. The summed E-state index contributed by atoms with van der Waals surface area (Å²) in [5.74, 6) is 0.252. The molecule has 0 aromatic heterocycles. The largest absolute Gasteiger partial charge is 0.368 e. The van der Waals surface area contributed by atoms with Crippen LogP contribution in [-0.4, -0.2) is 41.5 Å². The zero-order valence-electron chi connectivity index (χ0n) is 14.0. The summed E-state index contributed by atoms with van der Waals surface area (Å²) in [5.41, 5.74) is 5.33. The third-order valence-electron chi connectivity index (χ3n) is 5.15. The van der Waals surface area contributed by atoms with Crippen LogP contribution in [0.15, 0.2) is 0 Å². The lowest BCUT2D eigenvalue weighted by Gasteiger charge is -2.36. The van der Waals surface area contributed by atoms with Crippen LogP contribution in [0.1, 0.15) is 65.7 Å². The Morgan fingerprint density at radius 2 is 2.05 bits per heavy atom. The molecule has 4 heteroatoms. The minimum Gasteiger partial charge on any atom is -0.368 e. The Hall–Kier alpha value is -0.610. The minimum absolute atomic E-state index is 0.146. The highest BCUT2D eigenvalue weighted by atomic mass is 16.1. The molecule has 122 valence electrons. The molecule has 2 rings (SSSR count). The second kappa shape index (κ2) is 7.10. The first-order valence-electron chi connectivity index (χ1n) is 8.81. The Kier molecular flexibility index (Phi) is 5.67. The minimum atomic E-state index is -0.463. The van der Waals surface area contributed by atoms with Crippen molar-refractivity contribution in [2.75, 3.05) is 13.1 Å². The van der Waals surface area contributed by atoms with E-state index in [2.05, 4.69) is 31.0 Å². The average Bonchev–Trinajstić information content (AvgIpc) is 3.17. The van der Waals surface area contributed by atoms with Crippen LogP contribution in [0.25, 0.3) is 0 Å². The van der Waals surface area contributed by atoms with Gasteiger partial charge in [0.25, 0.3) is 0 Å². The zero-order valence-corrected chi connectivity index (χ0v) is 14.0. The molecule has 1 amide bonds. The van der Waals surface area contributed by atoms with Gasteiger partial charge in [-0.2, -0.15) is 0 Å². The molecule has 0 aromatic carbocycles. The fraction of sp³-hybridized carbons (Fsp3) is 0.941. The summed E-state index contributed by atoms with van der Waals surface area (Å²) in [4.78, 5) is 14.8. The van der Waals surface area contributed by atoms with E-state index in [-0.39, 0.29) is 5.91 Å². The maximum absolute atomic E-state index is 12.1. The van der Waals surface area contributed by atoms with Crippen molar-refractivity contribution in [3.8, 4) is 0 Å². The highest BCUT2D eigenvalue weighted by Gasteiger charge is 2.47. The third-order valence-corrected chi connectivity index (χ3v) is 5.15. The number of amides is 1. The van der Waals surface area contributed by atoms with Crippen LogP contribution in [-0.2, 0) is 4.79 Å². The van der Waals surface area contributed by atoms with E-state index >= 15 is 0 Å². The van der Waals surface area contributed by atoms with Crippen molar-refractivity contribution in [2.45, 2.75) is 83.3 Å². The zero-order chi connectivity index (χ0) is 15.5. The molecule has 0 aromatic rings. The average molecular weight is 295 g/mol. The summed E-state index contributed by atoms with van der Waals surface area (Å²) >= 11 is 0. The fourth-order valence-electron chi connectivity index (χ4n) is 4.09. The van der Waals surface area contributed by atoms with Gasteiger partial charge in [-0.25, -0.2) is 0 Å². The maximum atomic E-state index is 12.1. The number of nitrogens with two attached hydrogens (primary N) is 1. The van der Waals surface area contributed by atoms with E-state index in [9.17, 15) is 4.79 Å². The van der Waals surface area contributed by atoms with Gasteiger partial charge in [0.15, 0.2) is 0 Å². The number of hydrogen-bond donors (Lipinski definition) is 2. The van der Waals surface area contributed by atoms with E-state index in [1.165, 1.54) is 25.8 Å². The van der Waals surface area contributed by atoms with Gasteiger partial charge in [-0.15, -0.1) is 0 Å². The van der Waals surface area contributed by atoms with Crippen molar-refractivity contribution < 1.29 is 4.79 Å². The molecular weight excluding hydrogens is 262 g/mol. The molecule has 4 nitrogen and oxygen atoms in total. The number of nitrogens with zero attached hydrogens (tertiary/aromatic N) is 1. The lowest BCUT2D eigenvalue weighted by Crippen LogP contribution is -2.60. The Labute approximate surface area is 129 Å². The van der Waals surface area contributed by atoms with Crippen molar-refractivity contribution in [2.24, 2.45) is 11.7 Å². The van der Waals surface area contributed by atoms with Crippen LogP contribution in [0.4, 0.5) is 0 Å². The molecule has 21 heavy (non-hydrogen) atoms. The molecule has 0 aliphatic heterocycles. The van der Waals surface area contributed by atoms with Gasteiger partial charge in [0.1, 0.15) is 5.54 Å². The van der Waals surface area contributed by atoms with Gasteiger partial charge in [0.05, 0.1) is 0 Å². The topological polar surface area (TPSA) is 58.4 Å². The van der Waals surface area contributed by atoms with Crippen molar-refractivity contribution in [1.29, 1.82) is 0 Å². The summed E-state index contributed by atoms with van der Waals surface area (Å²) in [6.45, 7) is 8.77. The first kappa shape index (κ1) is 16.8. The number of carbonyl (C=O) groups excluding carboxylic acids is 1. The van der Waals surface area contributed by atoms with E-state index < -0.39 is 5.54 Å². The van der Waals surface area contributed by atoms with Gasteiger partial charge < -0.3 is 16.0 Å². The lowest BCUT2D eigenvalue weighted by molar-refractivity contribution is -0.126. The number of rotatable bonds is 9. The normalized spacial score (nSPS) is 29.5. The smallest absolute Gasteiger partial charge is 0.238 e. The molecule has 0 spiro atoms. The summed E-state index contributed by atoms with van der Waals surface area (Å²) in [6, 6.07) is 1.11. The number of primary amides is 1. The highest BCUT2D eigenvalue weighted by molar-refractivity contribution is 5.85. The molecular formula is C17H33N3O. The standard InChI is InChI=1S/C17H33N3O/c1-4-11-20(15-7-8-15)12-9-14-6-5-10-17(14,16(18)21)19-13(2)3/h13-15,19H,4-12H2,1-3H3,(H2,18,21).